The minimum atomic E-state index is -3.46. The van der Waals surface area contributed by atoms with E-state index in [0.29, 0.717) is 24.8 Å². The van der Waals surface area contributed by atoms with Crippen LogP contribution in [-0.2, 0) is 49.6 Å². The summed E-state index contributed by atoms with van der Waals surface area (Å²) in [6, 6.07) is 0.770. The zero-order valence-electron chi connectivity index (χ0n) is 36.0. The number of likely N-dealkylation sites (tertiary alicyclic amines) is 1. The van der Waals surface area contributed by atoms with E-state index in [0.717, 1.165) is 12.0 Å². The molecule has 1 aromatic carbocycles. The summed E-state index contributed by atoms with van der Waals surface area (Å²) >= 11 is 0. The van der Waals surface area contributed by atoms with Gasteiger partial charge in [-0.1, -0.05) is 32.4 Å². The number of imide groups is 1. The Bertz CT molecular complexity index is 1810. The van der Waals surface area contributed by atoms with E-state index in [1.54, 1.807) is 13.8 Å². The number of aliphatic hydroxyl groups is 5. The molecule has 8 amide bonds. The Balaban J connectivity index is 1.60. The molecule has 2 aliphatic heterocycles. The first-order valence-corrected chi connectivity index (χ1v) is 20.1. The lowest BCUT2D eigenvalue weighted by Gasteiger charge is -2.46. The van der Waals surface area contributed by atoms with E-state index in [2.05, 4.69) is 31.3 Å². The number of ether oxygens (including phenoxy) is 3. The smallest absolute Gasteiger partial charge is 0.407 e. The summed E-state index contributed by atoms with van der Waals surface area (Å²) in [5.41, 5.74) is 5.71. The molecule has 0 aromatic heterocycles. The molecular weight excluding hydrogens is 841 g/mol. The molecular formula is C39H58FN7O16. The number of nitrogens with two attached hydrogens (primary N) is 1. The van der Waals surface area contributed by atoms with E-state index >= 15 is 4.39 Å². The highest BCUT2D eigenvalue weighted by molar-refractivity contribution is 6.02. The van der Waals surface area contributed by atoms with Crippen LogP contribution in [0.4, 0.5) is 19.7 Å². The fourth-order valence-corrected chi connectivity index (χ4v) is 6.59. The SMILES string of the molecule is [3H]C1CC(=O)N(CCCCCC(=O)NC(C(=O)NC(CCCNC(N)=O)C(=O)Nc2ccc(COC(=O)N[C@H]3[C@H]([C@H](O)[C@H](O)CO)OC(O)(C(=O)OC)C(F)[C@@H]3O)cc2)C(C)C)C1=O. The van der Waals surface area contributed by atoms with E-state index in [1.807, 2.05) is 0 Å². The van der Waals surface area contributed by atoms with Crippen LogP contribution in [0.5, 0.6) is 0 Å². The highest BCUT2D eigenvalue weighted by Crippen LogP contribution is 2.34. The molecule has 352 valence electrons. The lowest BCUT2D eigenvalue weighted by molar-refractivity contribution is -0.321. The van der Waals surface area contributed by atoms with Gasteiger partial charge in [0, 0.05) is 39.4 Å². The summed E-state index contributed by atoms with van der Waals surface area (Å²) in [4.78, 5) is 101. The van der Waals surface area contributed by atoms with Gasteiger partial charge in [0.25, 0.3) is 0 Å². The van der Waals surface area contributed by atoms with Crippen molar-refractivity contribution < 1.29 is 83.9 Å². The highest BCUT2D eigenvalue weighted by Gasteiger charge is 2.62. The molecule has 10 atom stereocenters. The topological polar surface area (TPSA) is 355 Å². The fourth-order valence-electron chi connectivity index (χ4n) is 6.59. The van der Waals surface area contributed by atoms with Crippen molar-refractivity contribution in [1.29, 1.82) is 0 Å². The number of benzene rings is 1. The molecule has 2 aliphatic rings. The van der Waals surface area contributed by atoms with Gasteiger partial charge in [0.15, 0.2) is 6.17 Å². The Labute approximate surface area is 362 Å². The molecule has 2 saturated heterocycles. The summed E-state index contributed by atoms with van der Waals surface area (Å²) in [6.07, 6.45) is -12.6. The van der Waals surface area contributed by atoms with Crippen molar-refractivity contribution in [3.05, 3.63) is 29.8 Å². The van der Waals surface area contributed by atoms with Crippen LogP contribution in [0.25, 0.3) is 0 Å². The van der Waals surface area contributed by atoms with Crippen LogP contribution in [0.1, 0.15) is 72.1 Å². The zero-order valence-corrected chi connectivity index (χ0v) is 35.0. The average Bonchev–Trinajstić information content (AvgIpc) is 3.50. The van der Waals surface area contributed by atoms with Crippen LogP contribution in [0.2, 0.25) is 0 Å². The Morgan fingerprint density at radius 2 is 1.71 bits per heavy atom. The van der Waals surface area contributed by atoms with Crippen molar-refractivity contribution in [2.75, 3.05) is 32.1 Å². The maximum atomic E-state index is 15.1. The molecule has 2 heterocycles. The lowest BCUT2D eigenvalue weighted by Crippen LogP contribution is -2.72. The first kappa shape index (κ1) is 50.1. The number of hydrogen-bond donors (Lipinski definition) is 11. The van der Waals surface area contributed by atoms with Gasteiger partial charge in [0.1, 0.15) is 43.1 Å². The number of hydrogen-bond acceptors (Lipinski definition) is 16. The molecule has 0 aliphatic carbocycles. The van der Waals surface area contributed by atoms with E-state index < -0.39 is 128 Å². The molecule has 0 saturated carbocycles. The molecule has 0 radical (unpaired) electrons. The van der Waals surface area contributed by atoms with Crippen molar-refractivity contribution in [3.63, 3.8) is 0 Å². The number of halogens is 1. The van der Waals surface area contributed by atoms with Crippen molar-refractivity contribution in [2.24, 2.45) is 11.7 Å². The molecule has 2 fully saturated rings. The number of nitrogens with zero attached hydrogens (tertiary/aromatic N) is 1. The highest BCUT2D eigenvalue weighted by atomic mass is 19.1. The Hall–Kier alpha value is -5.53. The molecule has 3 rings (SSSR count). The molecule has 1 aromatic rings. The molecule has 63 heavy (non-hydrogen) atoms. The molecule has 0 spiro atoms. The Kier molecular flexibility index (Phi) is 19.4. The van der Waals surface area contributed by atoms with E-state index in [-0.39, 0.29) is 44.5 Å². The number of alkyl carbamates (subject to hydrolysis) is 1. The number of primary amides is 1. The molecule has 23 nitrogen and oxygen atoms in total. The second-order valence-electron chi connectivity index (χ2n) is 15.2. The number of methoxy groups -OCH3 is 1. The number of alkyl halides is 1. The Morgan fingerprint density at radius 3 is 2.30 bits per heavy atom. The third-order valence-corrected chi connectivity index (χ3v) is 10.2. The summed E-state index contributed by atoms with van der Waals surface area (Å²) in [6.45, 7) is 2.09. The van der Waals surface area contributed by atoms with Crippen molar-refractivity contribution in [3.8, 4) is 0 Å². The summed E-state index contributed by atoms with van der Waals surface area (Å²) in [5, 5.41) is 63.3. The van der Waals surface area contributed by atoms with Crippen LogP contribution < -0.4 is 32.3 Å². The van der Waals surface area contributed by atoms with Gasteiger partial charge in [-0.3, -0.25) is 28.9 Å². The first-order valence-electron chi connectivity index (χ1n) is 20.7. The normalized spacial score (nSPS) is 24.3. The number of rotatable bonds is 23. The quantitative estimate of drug-likeness (QED) is 0.0312. The number of anilines is 1. The van der Waals surface area contributed by atoms with Gasteiger partial charge in [-0.15, -0.1) is 0 Å². The molecule has 5 unspecified atom stereocenters. The van der Waals surface area contributed by atoms with Crippen LogP contribution >= 0.6 is 0 Å². The van der Waals surface area contributed by atoms with Crippen molar-refractivity contribution in [2.45, 2.75) is 126 Å². The maximum absolute atomic E-state index is 15.1. The lowest BCUT2D eigenvalue weighted by atomic mass is 9.87. The van der Waals surface area contributed by atoms with E-state index in [9.17, 15) is 63.9 Å². The fraction of sp³-hybridized carbons (Fsp3) is 0.641. The van der Waals surface area contributed by atoms with Gasteiger partial charge < -0.3 is 72.1 Å². The maximum Gasteiger partial charge on any atom is 0.407 e. The molecule has 24 heteroatoms. The zero-order chi connectivity index (χ0) is 47.9. The van der Waals surface area contributed by atoms with Crippen LogP contribution in [-0.4, -0.2) is 159 Å². The number of carbonyl (C=O) groups is 8. The average molecular weight is 902 g/mol. The predicted molar refractivity (Wildman–Crippen MR) is 214 cm³/mol. The minimum absolute atomic E-state index is 0.0311. The predicted octanol–water partition coefficient (Wildman–Crippen LogP) is -2.32. The van der Waals surface area contributed by atoms with Crippen LogP contribution in [0, 0.1) is 5.92 Å². The standard InChI is InChI=1S/C39H58FN7O16/c1-20(2)28(45-25(50)9-5-4-6-17-47-26(51)14-15-27(47)52)35(56)44-23(8-7-16-42-37(41)58)34(55)43-22-12-10-21(11-13-22)19-62-38(59)46-29-31(54)33(40)39(60,36(57)61-3)63-32(29)30(53)24(49)18-48/h10-13,20,23-24,28-33,48-49,53-54,60H,4-9,14-19H2,1-3H3,(H,43,55)(H,44,56)(H,45,50)(H,46,59)(H3,41,42,58)/t23?,24-,28?,29-,30-,31-,32-,33?,39?/m1/s1/i14T/t14?,23?,24-,28?,29-,30-,31-,32-,33?,39?. The Morgan fingerprint density at radius 1 is 1.03 bits per heavy atom. The van der Waals surface area contributed by atoms with Crippen molar-refractivity contribution in [1.82, 2.24) is 26.2 Å². The van der Waals surface area contributed by atoms with Crippen LogP contribution in [0.3, 0.4) is 0 Å². The minimum Gasteiger partial charge on any atom is -0.465 e. The summed E-state index contributed by atoms with van der Waals surface area (Å²) < 4.78 is 37.1. The van der Waals surface area contributed by atoms with E-state index in [4.69, 9.17) is 16.6 Å². The first-order chi connectivity index (χ1) is 30.1. The molecule has 0 bridgehead atoms. The number of amides is 8. The number of urea groups is 1. The largest absolute Gasteiger partial charge is 0.465 e. The van der Waals surface area contributed by atoms with Crippen LogP contribution in [0.15, 0.2) is 24.3 Å². The number of aliphatic hydroxyl groups excluding tert-OH is 4. The van der Waals surface area contributed by atoms with Gasteiger partial charge >= 0.3 is 23.9 Å². The van der Waals surface area contributed by atoms with Gasteiger partial charge in [0.05, 0.1) is 19.8 Å². The summed E-state index contributed by atoms with van der Waals surface area (Å²) in [7, 11) is 0.774. The number of carbonyl (C=O) groups excluding carboxylic acids is 8. The monoisotopic (exact) mass is 901 g/mol. The number of esters is 1. The van der Waals surface area contributed by atoms with Gasteiger partial charge in [-0.2, -0.15) is 0 Å². The number of nitrogens with one attached hydrogen (secondary N) is 5. The van der Waals surface area contributed by atoms with Gasteiger partial charge in [-0.25, -0.2) is 18.8 Å². The van der Waals surface area contributed by atoms with E-state index in [1.165, 1.54) is 24.3 Å². The second-order valence-corrected chi connectivity index (χ2v) is 15.2. The third kappa shape index (κ3) is 14.8. The van der Waals surface area contributed by atoms with Gasteiger partial charge in [0.2, 0.25) is 29.5 Å². The second kappa shape index (κ2) is 24.4. The number of unbranched alkanes of at least 4 members (excludes halogenated alkanes) is 2. The summed E-state index contributed by atoms with van der Waals surface area (Å²) in [5.74, 6) is -8.28. The molecule has 12 N–H and O–H groups in total. The third-order valence-electron chi connectivity index (χ3n) is 10.2. The van der Waals surface area contributed by atoms with Gasteiger partial charge in [-0.05, 0) is 49.3 Å². The van der Waals surface area contributed by atoms with Crippen molar-refractivity contribution >= 4 is 53.3 Å².